The van der Waals surface area contributed by atoms with Gasteiger partial charge in [0.2, 0.25) is 0 Å². The summed E-state index contributed by atoms with van der Waals surface area (Å²) in [7, 11) is -2.94. The van der Waals surface area contributed by atoms with Crippen molar-refractivity contribution < 1.29 is 8.42 Å². The molecule has 0 saturated heterocycles. The van der Waals surface area contributed by atoms with Crippen molar-refractivity contribution in [3.8, 4) is 0 Å². The Bertz CT molecular complexity index is 625. The molecule has 21 heavy (non-hydrogen) atoms. The van der Waals surface area contributed by atoms with Crippen LogP contribution in [0.25, 0.3) is 0 Å². The second-order valence-corrected chi connectivity index (χ2v) is 9.32. The molecule has 3 rings (SSSR count). The zero-order valence-corrected chi connectivity index (χ0v) is 13.5. The maximum absolute atomic E-state index is 11.9. The van der Waals surface area contributed by atoms with Gasteiger partial charge in [-0.1, -0.05) is 30.7 Å². The van der Waals surface area contributed by atoms with Gasteiger partial charge in [-0.3, -0.25) is 0 Å². The van der Waals surface area contributed by atoms with E-state index < -0.39 is 9.84 Å². The van der Waals surface area contributed by atoms with Crippen LogP contribution in [0.3, 0.4) is 0 Å². The molecule has 3 unspecified atom stereocenters. The van der Waals surface area contributed by atoms with Gasteiger partial charge in [-0.15, -0.1) is 0 Å². The molecule has 2 aliphatic rings. The fourth-order valence-corrected chi connectivity index (χ4v) is 5.37. The lowest BCUT2D eigenvalue weighted by atomic mass is 9.66. The average molecular weight is 307 g/mol. The Kier molecular flexibility index (Phi) is 3.87. The van der Waals surface area contributed by atoms with Crippen molar-refractivity contribution in [1.29, 1.82) is 0 Å². The number of aryl methyl sites for hydroxylation is 1. The Morgan fingerprint density at radius 2 is 1.90 bits per heavy atom. The van der Waals surface area contributed by atoms with E-state index in [1.165, 1.54) is 17.4 Å². The Labute approximate surface area is 127 Å². The minimum absolute atomic E-state index is 0.186. The molecule has 2 N–H and O–H groups in total. The minimum Gasteiger partial charge on any atom is -0.325 e. The van der Waals surface area contributed by atoms with Gasteiger partial charge in [0.05, 0.1) is 5.25 Å². The number of fused-ring (bicyclic) bond motifs is 1. The van der Waals surface area contributed by atoms with Crippen LogP contribution < -0.4 is 5.73 Å². The molecule has 4 heteroatoms. The van der Waals surface area contributed by atoms with Crippen molar-refractivity contribution in [1.82, 2.24) is 0 Å². The lowest BCUT2D eigenvalue weighted by Crippen LogP contribution is -2.53. The van der Waals surface area contributed by atoms with Gasteiger partial charge in [0.1, 0.15) is 9.84 Å². The van der Waals surface area contributed by atoms with Crippen LogP contribution >= 0.6 is 0 Å². The van der Waals surface area contributed by atoms with Crippen molar-refractivity contribution in [3.05, 3.63) is 35.4 Å². The Morgan fingerprint density at radius 1 is 1.19 bits per heavy atom. The van der Waals surface area contributed by atoms with E-state index in [1.54, 1.807) is 0 Å². The smallest absolute Gasteiger partial charge is 0.150 e. The summed E-state index contributed by atoms with van der Waals surface area (Å²) in [6, 6.07) is 8.52. The highest BCUT2D eigenvalue weighted by molar-refractivity contribution is 7.91. The second-order valence-electron chi connectivity index (χ2n) is 6.99. The summed E-state index contributed by atoms with van der Waals surface area (Å²) in [5.74, 6) is 0.333. The van der Waals surface area contributed by atoms with Crippen LogP contribution in [0.4, 0.5) is 0 Å². The van der Waals surface area contributed by atoms with Gasteiger partial charge in [-0.25, -0.2) is 8.42 Å². The normalized spacial score (nSPS) is 33.4. The first-order valence-electron chi connectivity index (χ1n) is 7.93. The highest BCUT2D eigenvalue weighted by atomic mass is 32.2. The molecule has 0 bridgehead atoms. The van der Waals surface area contributed by atoms with Crippen molar-refractivity contribution in [2.45, 2.75) is 55.7 Å². The molecule has 3 atom stereocenters. The number of hydrogen-bond acceptors (Lipinski definition) is 3. The molecule has 1 saturated carbocycles. The average Bonchev–Trinajstić information content (AvgIpc) is 2.46. The maximum atomic E-state index is 11.9. The number of nitrogens with two attached hydrogens (primary N) is 1. The predicted octanol–water partition coefficient (Wildman–Crippen LogP) is 2.48. The highest BCUT2D eigenvalue weighted by Gasteiger charge is 2.41. The van der Waals surface area contributed by atoms with Crippen molar-refractivity contribution in [2.75, 3.05) is 6.26 Å². The van der Waals surface area contributed by atoms with Gasteiger partial charge < -0.3 is 5.73 Å². The number of hydrogen-bond donors (Lipinski definition) is 1. The molecule has 1 aromatic rings. The first kappa shape index (κ1) is 15.0. The molecule has 2 aliphatic carbocycles. The second kappa shape index (κ2) is 5.40. The van der Waals surface area contributed by atoms with E-state index in [0.29, 0.717) is 5.92 Å². The first-order chi connectivity index (χ1) is 9.88. The lowest BCUT2D eigenvalue weighted by Gasteiger charge is -2.44. The fourth-order valence-electron chi connectivity index (χ4n) is 4.19. The molecule has 0 spiro atoms. The maximum Gasteiger partial charge on any atom is 0.150 e. The summed E-state index contributed by atoms with van der Waals surface area (Å²) in [6.45, 7) is 0. The SMILES string of the molecule is CS(=O)(=O)C1CCCC(C2(N)CCc3ccccc3C2)C1. The molecule has 0 aromatic heterocycles. The summed E-state index contributed by atoms with van der Waals surface area (Å²) in [5, 5.41) is -0.186. The molecule has 116 valence electrons. The molecule has 1 fully saturated rings. The standard InChI is InChI=1S/C17H25NO2S/c1-21(19,20)16-8-4-7-15(11-16)17(18)10-9-13-5-2-3-6-14(13)12-17/h2-3,5-6,15-16H,4,7-12,18H2,1H3. The monoisotopic (exact) mass is 307 g/mol. The lowest BCUT2D eigenvalue weighted by molar-refractivity contribution is 0.186. The van der Waals surface area contributed by atoms with Gasteiger partial charge in [-0.05, 0) is 55.6 Å². The van der Waals surface area contributed by atoms with Crippen LogP contribution in [0.5, 0.6) is 0 Å². The molecular formula is C17H25NO2S. The topological polar surface area (TPSA) is 60.2 Å². The Balaban J connectivity index is 1.80. The van der Waals surface area contributed by atoms with Gasteiger partial charge in [0.15, 0.2) is 0 Å². The molecule has 0 radical (unpaired) electrons. The third-order valence-electron chi connectivity index (χ3n) is 5.54. The van der Waals surface area contributed by atoms with E-state index in [2.05, 4.69) is 24.3 Å². The van der Waals surface area contributed by atoms with Crippen molar-refractivity contribution in [3.63, 3.8) is 0 Å². The van der Waals surface area contributed by atoms with Crippen molar-refractivity contribution in [2.24, 2.45) is 11.7 Å². The van der Waals surface area contributed by atoms with Crippen LogP contribution in [0.1, 0.15) is 43.2 Å². The fraction of sp³-hybridized carbons (Fsp3) is 0.647. The van der Waals surface area contributed by atoms with E-state index >= 15 is 0 Å². The summed E-state index contributed by atoms with van der Waals surface area (Å²) >= 11 is 0. The number of benzene rings is 1. The van der Waals surface area contributed by atoms with Crippen LogP contribution in [-0.2, 0) is 22.7 Å². The molecule has 0 heterocycles. The van der Waals surface area contributed by atoms with E-state index in [1.807, 2.05) is 0 Å². The van der Waals surface area contributed by atoms with Crippen molar-refractivity contribution >= 4 is 9.84 Å². The number of sulfone groups is 1. The van der Waals surface area contributed by atoms with Crippen LogP contribution in [0.2, 0.25) is 0 Å². The van der Waals surface area contributed by atoms with Gasteiger partial charge in [0.25, 0.3) is 0 Å². The largest absolute Gasteiger partial charge is 0.325 e. The summed E-state index contributed by atoms with van der Waals surface area (Å²) in [6.07, 6.45) is 7.88. The van der Waals surface area contributed by atoms with Crippen LogP contribution in [0.15, 0.2) is 24.3 Å². The van der Waals surface area contributed by atoms with E-state index in [0.717, 1.165) is 44.9 Å². The molecular weight excluding hydrogens is 282 g/mol. The van der Waals surface area contributed by atoms with Crippen LogP contribution in [-0.4, -0.2) is 25.5 Å². The van der Waals surface area contributed by atoms with E-state index in [9.17, 15) is 8.42 Å². The zero-order valence-electron chi connectivity index (χ0n) is 12.7. The Hall–Kier alpha value is -0.870. The first-order valence-corrected chi connectivity index (χ1v) is 9.88. The molecule has 0 amide bonds. The molecule has 0 aliphatic heterocycles. The molecule has 1 aromatic carbocycles. The predicted molar refractivity (Wildman–Crippen MR) is 86.0 cm³/mol. The van der Waals surface area contributed by atoms with Crippen LogP contribution in [0, 0.1) is 5.92 Å². The van der Waals surface area contributed by atoms with E-state index in [-0.39, 0.29) is 10.8 Å². The van der Waals surface area contributed by atoms with E-state index in [4.69, 9.17) is 5.73 Å². The summed E-state index contributed by atoms with van der Waals surface area (Å²) in [4.78, 5) is 0. The third kappa shape index (κ3) is 3.02. The quantitative estimate of drug-likeness (QED) is 0.913. The Morgan fingerprint density at radius 3 is 2.62 bits per heavy atom. The summed E-state index contributed by atoms with van der Waals surface area (Å²) in [5.41, 5.74) is 9.30. The minimum atomic E-state index is -2.94. The third-order valence-corrected chi connectivity index (χ3v) is 7.18. The van der Waals surface area contributed by atoms with Gasteiger partial charge in [-0.2, -0.15) is 0 Å². The summed E-state index contributed by atoms with van der Waals surface area (Å²) < 4.78 is 23.8. The highest BCUT2D eigenvalue weighted by Crippen LogP contribution is 2.40. The zero-order chi connectivity index (χ0) is 15.1. The van der Waals surface area contributed by atoms with Gasteiger partial charge >= 0.3 is 0 Å². The molecule has 3 nitrogen and oxygen atoms in total. The number of rotatable bonds is 2. The van der Waals surface area contributed by atoms with Gasteiger partial charge in [0, 0.05) is 11.8 Å².